The average molecular weight is 290 g/mol. The molecule has 100 valence electrons. The fourth-order valence-corrected chi connectivity index (χ4v) is 2.38. The predicted octanol–water partition coefficient (Wildman–Crippen LogP) is 2.89. The molecule has 3 nitrogen and oxygen atoms in total. The van der Waals surface area contributed by atoms with Gasteiger partial charge in [-0.2, -0.15) is 0 Å². The largest absolute Gasteiger partial charge is 0.355 e. The number of hydrogen-bond acceptors (Lipinski definition) is 3. The molecule has 0 aromatic heterocycles. The maximum atomic E-state index is 6.10. The summed E-state index contributed by atoms with van der Waals surface area (Å²) >= 11 is 12.0. The number of benzene rings is 1. The number of halogens is 2. The first-order chi connectivity index (χ1) is 8.75. The van der Waals surface area contributed by atoms with Gasteiger partial charge in [0.25, 0.3) is 0 Å². The van der Waals surface area contributed by atoms with Crippen molar-refractivity contribution >= 4 is 23.2 Å². The minimum Gasteiger partial charge on any atom is -0.355 e. The Balaban J connectivity index is 1.68. The summed E-state index contributed by atoms with van der Waals surface area (Å²) in [4.78, 5) is 0. The lowest BCUT2D eigenvalue weighted by Crippen LogP contribution is -2.34. The van der Waals surface area contributed by atoms with Gasteiger partial charge in [-0.1, -0.05) is 29.3 Å². The van der Waals surface area contributed by atoms with Gasteiger partial charge in [-0.3, -0.25) is 0 Å². The van der Waals surface area contributed by atoms with Crippen LogP contribution in [0.2, 0.25) is 10.0 Å². The standard InChI is InChI=1S/C13H17Cl2NO2/c14-11-2-1-10(13(15)7-11)3-5-16-8-12-4-6-17-9-18-12/h1-2,7,12,16H,3-6,8-9H2. The molecule has 5 heteroatoms. The Kier molecular flexibility index (Phi) is 5.73. The minimum absolute atomic E-state index is 0.263. The highest BCUT2D eigenvalue weighted by Crippen LogP contribution is 2.21. The summed E-state index contributed by atoms with van der Waals surface area (Å²) in [7, 11) is 0. The van der Waals surface area contributed by atoms with Crippen molar-refractivity contribution in [1.82, 2.24) is 5.32 Å². The van der Waals surface area contributed by atoms with Gasteiger partial charge in [0.05, 0.1) is 12.7 Å². The number of ether oxygens (including phenoxy) is 2. The van der Waals surface area contributed by atoms with Crippen LogP contribution in [0.5, 0.6) is 0 Å². The van der Waals surface area contributed by atoms with Crippen molar-refractivity contribution in [3.63, 3.8) is 0 Å². The summed E-state index contributed by atoms with van der Waals surface area (Å²) in [6, 6.07) is 5.61. The molecule has 1 fully saturated rings. The molecule has 0 radical (unpaired) electrons. The van der Waals surface area contributed by atoms with Gasteiger partial charge in [-0.05, 0) is 37.1 Å². The lowest BCUT2D eigenvalue weighted by atomic mass is 10.1. The summed E-state index contributed by atoms with van der Waals surface area (Å²) in [5, 5.41) is 4.78. The second-order valence-electron chi connectivity index (χ2n) is 4.29. The van der Waals surface area contributed by atoms with Crippen molar-refractivity contribution in [3.8, 4) is 0 Å². The molecule has 1 heterocycles. The molecule has 1 aliphatic heterocycles. The Morgan fingerprint density at radius 3 is 2.94 bits per heavy atom. The van der Waals surface area contributed by atoms with Gasteiger partial charge in [-0.25, -0.2) is 0 Å². The Bertz CT molecular complexity index is 381. The van der Waals surface area contributed by atoms with E-state index in [1.807, 2.05) is 12.1 Å². The SMILES string of the molecule is Clc1ccc(CCNCC2CCOCO2)c(Cl)c1. The molecule has 1 unspecified atom stereocenters. The van der Waals surface area contributed by atoms with E-state index in [4.69, 9.17) is 32.7 Å². The van der Waals surface area contributed by atoms with Gasteiger partial charge in [-0.15, -0.1) is 0 Å². The third kappa shape index (κ3) is 4.41. The topological polar surface area (TPSA) is 30.5 Å². The smallest absolute Gasteiger partial charge is 0.147 e. The van der Waals surface area contributed by atoms with Crippen LogP contribution < -0.4 is 5.32 Å². The molecule has 1 atom stereocenters. The van der Waals surface area contributed by atoms with Crippen molar-refractivity contribution in [2.45, 2.75) is 18.9 Å². The maximum absolute atomic E-state index is 6.10. The van der Waals surface area contributed by atoms with Crippen molar-refractivity contribution in [2.75, 3.05) is 26.5 Å². The third-order valence-electron chi connectivity index (χ3n) is 2.93. The van der Waals surface area contributed by atoms with Crippen LogP contribution in [0, 0.1) is 0 Å². The lowest BCUT2D eigenvalue weighted by Gasteiger charge is -2.23. The van der Waals surface area contributed by atoms with E-state index < -0.39 is 0 Å². The van der Waals surface area contributed by atoms with E-state index in [-0.39, 0.29) is 6.10 Å². The highest BCUT2D eigenvalue weighted by Gasteiger charge is 2.13. The van der Waals surface area contributed by atoms with Gasteiger partial charge in [0, 0.05) is 16.6 Å². The van der Waals surface area contributed by atoms with Crippen LogP contribution in [0.4, 0.5) is 0 Å². The first-order valence-corrected chi connectivity index (χ1v) is 6.85. The quantitative estimate of drug-likeness (QED) is 0.846. The Morgan fingerprint density at radius 1 is 1.33 bits per heavy atom. The molecule has 1 aromatic carbocycles. The predicted molar refractivity (Wildman–Crippen MR) is 73.3 cm³/mol. The van der Waals surface area contributed by atoms with Crippen LogP contribution in [-0.2, 0) is 15.9 Å². The fourth-order valence-electron chi connectivity index (χ4n) is 1.87. The highest BCUT2D eigenvalue weighted by atomic mass is 35.5. The highest BCUT2D eigenvalue weighted by molar-refractivity contribution is 6.35. The minimum atomic E-state index is 0.263. The summed E-state index contributed by atoms with van der Waals surface area (Å²) in [6.45, 7) is 2.93. The van der Waals surface area contributed by atoms with Crippen molar-refractivity contribution in [3.05, 3.63) is 33.8 Å². The number of rotatable bonds is 5. The zero-order valence-corrected chi connectivity index (χ0v) is 11.6. The summed E-state index contributed by atoms with van der Waals surface area (Å²) in [6.07, 6.45) is 2.10. The van der Waals surface area contributed by atoms with E-state index in [9.17, 15) is 0 Å². The van der Waals surface area contributed by atoms with Crippen molar-refractivity contribution in [1.29, 1.82) is 0 Å². The molecule has 0 aliphatic carbocycles. The van der Waals surface area contributed by atoms with Crippen LogP contribution in [-0.4, -0.2) is 32.6 Å². The summed E-state index contributed by atoms with van der Waals surface area (Å²) in [5.41, 5.74) is 1.11. The number of hydrogen-bond donors (Lipinski definition) is 1. The van der Waals surface area contributed by atoms with E-state index in [1.54, 1.807) is 6.07 Å². The zero-order chi connectivity index (χ0) is 12.8. The van der Waals surface area contributed by atoms with E-state index in [1.165, 1.54) is 0 Å². The van der Waals surface area contributed by atoms with Crippen LogP contribution in [0.25, 0.3) is 0 Å². The second kappa shape index (κ2) is 7.31. The van der Waals surface area contributed by atoms with Gasteiger partial charge < -0.3 is 14.8 Å². The molecular formula is C13H17Cl2NO2. The third-order valence-corrected chi connectivity index (χ3v) is 3.52. The molecule has 0 saturated carbocycles. The molecule has 1 saturated heterocycles. The molecule has 1 aliphatic rings. The van der Waals surface area contributed by atoms with E-state index in [0.717, 1.165) is 43.1 Å². The van der Waals surface area contributed by atoms with E-state index in [0.29, 0.717) is 11.8 Å². The second-order valence-corrected chi connectivity index (χ2v) is 5.14. The van der Waals surface area contributed by atoms with Gasteiger partial charge in [0.1, 0.15) is 6.79 Å². The first-order valence-electron chi connectivity index (χ1n) is 6.09. The maximum Gasteiger partial charge on any atom is 0.147 e. The molecule has 1 aromatic rings. The molecule has 2 rings (SSSR count). The fraction of sp³-hybridized carbons (Fsp3) is 0.538. The monoisotopic (exact) mass is 289 g/mol. The molecule has 1 N–H and O–H groups in total. The molecule has 0 amide bonds. The van der Waals surface area contributed by atoms with Crippen molar-refractivity contribution in [2.24, 2.45) is 0 Å². The summed E-state index contributed by atoms with van der Waals surface area (Å²) in [5.74, 6) is 0. The molecule has 18 heavy (non-hydrogen) atoms. The van der Waals surface area contributed by atoms with Gasteiger partial charge in [0.15, 0.2) is 0 Å². The van der Waals surface area contributed by atoms with Crippen LogP contribution in [0.1, 0.15) is 12.0 Å². The first kappa shape index (κ1) is 14.1. The summed E-state index contributed by atoms with van der Waals surface area (Å²) < 4.78 is 10.6. The van der Waals surface area contributed by atoms with E-state index in [2.05, 4.69) is 5.32 Å². The lowest BCUT2D eigenvalue weighted by molar-refractivity contribution is -0.137. The van der Waals surface area contributed by atoms with Crippen LogP contribution in [0.15, 0.2) is 18.2 Å². The van der Waals surface area contributed by atoms with E-state index >= 15 is 0 Å². The average Bonchev–Trinajstić information content (AvgIpc) is 2.38. The Morgan fingerprint density at radius 2 is 2.22 bits per heavy atom. The molecular weight excluding hydrogens is 273 g/mol. The molecule has 0 spiro atoms. The Labute approximate surface area is 117 Å². The van der Waals surface area contributed by atoms with Gasteiger partial charge >= 0.3 is 0 Å². The van der Waals surface area contributed by atoms with Crippen LogP contribution >= 0.6 is 23.2 Å². The Hall–Kier alpha value is -0.320. The van der Waals surface area contributed by atoms with Crippen LogP contribution in [0.3, 0.4) is 0 Å². The normalized spacial score (nSPS) is 20.0. The van der Waals surface area contributed by atoms with Crippen molar-refractivity contribution < 1.29 is 9.47 Å². The zero-order valence-electron chi connectivity index (χ0n) is 10.1. The number of nitrogens with one attached hydrogen (secondary N) is 1. The van der Waals surface area contributed by atoms with Gasteiger partial charge in [0.2, 0.25) is 0 Å². The molecule has 0 bridgehead atoms.